The van der Waals surface area contributed by atoms with Crippen LogP contribution >= 0.6 is 0 Å². The van der Waals surface area contributed by atoms with E-state index < -0.39 is 53.3 Å². The van der Waals surface area contributed by atoms with Gasteiger partial charge in [-0.3, -0.25) is 8.86 Å². The average Bonchev–Trinajstić information content (AvgIpc) is 3.78. The largest absolute Gasteiger partial charge is 0.516 e. The van der Waals surface area contributed by atoms with E-state index in [2.05, 4.69) is 29.4 Å². The smallest absolute Gasteiger partial charge is 0.344 e. The Labute approximate surface area is 392 Å². The van der Waals surface area contributed by atoms with E-state index in [1.807, 2.05) is 92.7 Å². The molecule has 0 aromatic heterocycles. The van der Waals surface area contributed by atoms with Gasteiger partial charge in [-0.2, -0.15) is 34.6 Å². The number of nitrogens with zero attached hydrogens (tertiary/aromatic N) is 3. The Morgan fingerprint density at radius 1 is 0.746 bits per heavy atom. The first-order valence-corrected chi connectivity index (χ1v) is 26.4. The summed E-state index contributed by atoms with van der Waals surface area (Å²) in [4.78, 5) is 2.07. The summed E-state index contributed by atoms with van der Waals surface area (Å²) in [6, 6.07) is 31.1. The first kappa shape index (κ1) is 48.1. The second-order valence-corrected chi connectivity index (χ2v) is 22.8. The van der Waals surface area contributed by atoms with Gasteiger partial charge in [-0.05, 0) is 95.6 Å². The number of allylic oxidation sites excluding steroid dienone is 7. The molecule has 2 N–H and O–H groups in total. The Bertz CT molecular complexity index is 3240. The highest BCUT2D eigenvalue weighted by atomic mass is 32.2. The summed E-state index contributed by atoms with van der Waals surface area (Å²) in [5.74, 6) is -0.307. The quantitative estimate of drug-likeness (QED) is 0.0458. The second-order valence-electron chi connectivity index (χ2n) is 18.2. The number of unbranched alkanes of at least 4 members (excludes halogenated alkanes) is 2. The van der Waals surface area contributed by atoms with Gasteiger partial charge in [-0.25, -0.2) is 4.21 Å². The van der Waals surface area contributed by atoms with Crippen molar-refractivity contribution in [1.29, 1.82) is 0 Å². The topological polar surface area (TPSA) is 135 Å². The number of alkyl halides is 3. The van der Waals surface area contributed by atoms with Gasteiger partial charge < -0.3 is 9.45 Å². The maximum Gasteiger partial charge on any atom is 0.516 e. The molecular formula is C51H53F3N3O7S3+. The van der Waals surface area contributed by atoms with Gasteiger partial charge in [-0.1, -0.05) is 98.8 Å². The van der Waals surface area contributed by atoms with Crippen molar-refractivity contribution in [3.05, 3.63) is 155 Å². The lowest BCUT2D eigenvalue weighted by Crippen LogP contribution is -2.37. The number of fused-ring (bicyclic) bond motifs is 7. The zero-order valence-electron chi connectivity index (χ0n) is 37.8. The molecule has 5 aromatic rings. The van der Waals surface area contributed by atoms with Crippen molar-refractivity contribution in [2.75, 3.05) is 36.5 Å². The van der Waals surface area contributed by atoms with Crippen LogP contribution in [0.1, 0.15) is 75.6 Å². The van der Waals surface area contributed by atoms with E-state index >= 15 is 0 Å². The van der Waals surface area contributed by atoms with Gasteiger partial charge in [0.25, 0.3) is 10.1 Å². The van der Waals surface area contributed by atoms with Crippen molar-refractivity contribution >= 4 is 81.0 Å². The molecule has 0 radical (unpaired) electrons. The van der Waals surface area contributed by atoms with Crippen LogP contribution in [0.25, 0.3) is 32.7 Å². The van der Waals surface area contributed by atoms with Crippen LogP contribution in [0, 0.1) is 0 Å². The van der Waals surface area contributed by atoms with E-state index in [1.54, 1.807) is 36.4 Å². The minimum Gasteiger partial charge on any atom is -0.344 e. The van der Waals surface area contributed by atoms with Crippen molar-refractivity contribution in [3.8, 4) is 0 Å². The highest BCUT2D eigenvalue weighted by Crippen LogP contribution is 2.52. The molecule has 0 fully saturated rings. The molecule has 10 nitrogen and oxygen atoms in total. The number of hydrogen-bond donors (Lipinski definition) is 2. The molecule has 1 aliphatic carbocycles. The van der Waals surface area contributed by atoms with E-state index in [4.69, 9.17) is 0 Å². The summed E-state index contributed by atoms with van der Waals surface area (Å²) in [5, 5.41) is 4.07. The van der Waals surface area contributed by atoms with E-state index in [1.165, 1.54) is 0 Å². The molecule has 1 unspecified atom stereocenters. The molecule has 0 saturated heterocycles. The summed E-state index contributed by atoms with van der Waals surface area (Å²) in [6.07, 6.45) is 8.68. The van der Waals surface area contributed by atoms with E-state index in [0.717, 1.165) is 62.5 Å². The van der Waals surface area contributed by atoms with E-state index in [0.29, 0.717) is 47.8 Å². The molecule has 5 aromatic carbocycles. The number of hydrogen-bond acceptors (Lipinski definition) is 6. The predicted molar refractivity (Wildman–Crippen MR) is 263 cm³/mol. The molecule has 67 heavy (non-hydrogen) atoms. The Balaban J connectivity index is 1.32. The van der Waals surface area contributed by atoms with Crippen LogP contribution in [0.15, 0.2) is 133 Å². The van der Waals surface area contributed by atoms with Gasteiger partial charge in [-0.15, -0.1) is 0 Å². The van der Waals surface area contributed by atoms with Gasteiger partial charge in [0.15, 0.2) is 16.8 Å². The zero-order valence-corrected chi connectivity index (χ0v) is 40.3. The van der Waals surface area contributed by atoms with Crippen LogP contribution in [-0.4, -0.2) is 81.9 Å². The van der Waals surface area contributed by atoms with Gasteiger partial charge in [0.2, 0.25) is 5.69 Å². The first-order valence-electron chi connectivity index (χ1n) is 22.1. The molecule has 2 aliphatic heterocycles. The van der Waals surface area contributed by atoms with E-state index in [9.17, 15) is 43.3 Å². The lowest BCUT2D eigenvalue weighted by Gasteiger charge is -2.27. The minimum atomic E-state index is -5.93. The zero-order chi connectivity index (χ0) is 48.3. The third-order valence-corrected chi connectivity index (χ3v) is 16.2. The lowest BCUT2D eigenvalue weighted by molar-refractivity contribution is -0.438. The van der Waals surface area contributed by atoms with Crippen LogP contribution < -0.4 is 4.90 Å². The normalized spacial score (nSPS) is 18.5. The Morgan fingerprint density at radius 3 is 2.00 bits per heavy atom. The van der Waals surface area contributed by atoms with Crippen molar-refractivity contribution in [2.45, 2.75) is 69.7 Å². The maximum absolute atomic E-state index is 14.7. The fourth-order valence-electron chi connectivity index (χ4n) is 10.2. The number of halogens is 3. The van der Waals surface area contributed by atoms with Crippen LogP contribution in [0.3, 0.4) is 0 Å². The molecule has 2 heterocycles. The second kappa shape index (κ2) is 17.9. The number of likely N-dealkylation sites (N-methyl/N-ethyl adjacent to an activating group) is 1. The van der Waals surface area contributed by atoms with Crippen molar-refractivity contribution < 1.29 is 47.9 Å². The summed E-state index contributed by atoms with van der Waals surface area (Å²) in [5.41, 5.74) is -0.112. The van der Waals surface area contributed by atoms with Crippen molar-refractivity contribution in [3.63, 3.8) is 0 Å². The molecule has 16 heteroatoms. The van der Waals surface area contributed by atoms with Crippen LogP contribution in [-0.2, 0) is 42.1 Å². The Kier molecular flexibility index (Phi) is 12.9. The van der Waals surface area contributed by atoms with E-state index in [-0.39, 0.29) is 29.0 Å². The molecule has 0 saturated carbocycles. The van der Waals surface area contributed by atoms with Crippen LogP contribution in [0.5, 0.6) is 0 Å². The highest BCUT2D eigenvalue weighted by Gasteiger charge is 2.51. The van der Waals surface area contributed by atoms with Crippen LogP contribution in [0.2, 0.25) is 0 Å². The minimum absolute atomic E-state index is 0.108. The van der Waals surface area contributed by atoms with Crippen molar-refractivity contribution in [1.82, 2.24) is 4.31 Å². The molecule has 0 amide bonds. The number of sulfonamides is 1. The SMILES string of the molecule is CN(C1=C(/C=C/C2=[N+](CCCCS(=O)O)c3ccc4ccccc4c3C2(C)C)c2ccccc2/C1=C\C=C1\N(CCCCS(=O)(=O)O)c2ccc3ccccc3c2C1(C)C)S(=O)(=O)C(F)(F)F. The molecule has 3 aliphatic rings. The number of benzene rings is 5. The highest BCUT2D eigenvalue weighted by molar-refractivity contribution is 7.90. The average molecular weight is 973 g/mol. The Hall–Kier alpha value is -5.39. The molecule has 8 rings (SSSR count). The standard InChI is InChI=1S/C51H52F3N3O7S3/c1-49(2)44(56(30-12-14-32-65(58)59)42-26-22-34-16-6-8-18-36(34)46(42)49)28-24-40-38-20-10-11-21-39(38)41(48(40)55(5)67(63,64)51(52,53)54)25-29-45-50(3,4)47-37-19-9-7-17-35(37)23-27-43(47)57(45)31-13-15-33-66(60,61)62/h6-11,16-29H,12-15,30-33H2,1-5H3,(H-,58,59,60,61,62)/p+1. The molecule has 0 spiro atoms. The molecule has 352 valence electrons. The van der Waals surface area contributed by atoms with Crippen molar-refractivity contribution in [2.24, 2.45) is 0 Å². The summed E-state index contributed by atoms with van der Waals surface area (Å²) < 4.78 is 127. The molecule has 0 bridgehead atoms. The lowest BCUT2D eigenvalue weighted by atomic mass is 9.79. The summed E-state index contributed by atoms with van der Waals surface area (Å²) in [6.45, 7) is 9.09. The summed E-state index contributed by atoms with van der Waals surface area (Å²) >= 11 is -1.96. The fraction of sp³-hybridized carbons (Fsp3) is 0.314. The number of rotatable bonds is 15. The molecular weight excluding hydrogens is 920 g/mol. The van der Waals surface area contributed by atoms with Gasteiger partial charge >= 0.3 is 15.5 Å². The third kappa shape index (κ3) is 8.82. The molecule has 1 atom stereocenters. The first-order chi connectivity index (χ1) is 31.6. The summed E-state index contributed by atoms with van der Waals surface area (Å²) in [7, 11) is -9.21. The monoisotopic (exact) mass is 972 g/mol. The maximum atomic E-state index is 14.7. The Morgan fingerprint density at radius 2 is 1.36 bits per heavy atom. The van der Waals surface area contributed by atoms with Gasteiger partial charge in [0.1, 0.15) is 6.54 Å². The van der Waals surface area contributed by atoms with Gasteiger partial charge in [0.05, 0.1) is 16.9 Å². The predicted octanol–water partition coefficient (Wildman–Crippen LogP) is 10.9. The third-order valence-electron chi connectivity index (χ3n) is 13.3. The van der Waals surface area contributed by atoms with Gasteiger partial charge in [0, 0.05) is 71.4 Å². The van der Waals surface area contributed by atoms with Crippen LogP contribution in [0.4, 0.5) is 24.5 Å². The number of anilines is 1. The fourth-order valence-corrected chi connectivity index (χ4v) is 12.0.